The van der Waals surface area contributed by atoms with E-state index in [-0.39, 0.29) is 29.9 Å². The maximum atomic E-state index is 11.2. The van der Waals surface area contributed by atoms with Gasteiger partial charge in [-0.3, -0.25) is 9.79 Å². The van der Waals surface area contributed by atoms with Crippen molar-refractivity contribution in [3.05, 3.63) is 0 Å². The molecule has 6 nitrogen and oxygen atoms in total. The quantitative estimate of drug-likeness (QED) is 0.179. The molecular formula is C20H39IN4O2. The Morgan fingerprint density at radius 3 is 2.56 bits per heavy atom. The van der Waals surface area contributed by atoms with Gasteiger partial charge in [0.25, 0.3) is 0 Å². The number of hydrogen-bond donors (Lipinski definition) is 2. The number of unbranched alkanes of at least 4 members (excludes halogenated alkanes) is 1. The summed E-state index contributed by atoms with van der Waals surface area (Å²) < 4.78 is 6.05. The molecule has 27 heavy (non-hydrogen) atoms. The lowest BCUT2D eigenvalue weighted by Gasteiger charge is -2.34. The predicted octanol–water partition coefficient (Wildman–Crippen LogP) is 3.29. The van der Waals surface area contributed by atoms with E-state index in [2.05, 4.69) is 15.2 Å². The Balaban J connectivity index is 0.00000364. The maximum absolute atomic E-state index is 11.2. The molecule has 0 bridgehead atoms. The summed E-state index contributed by atoms with van der Waals surface area (Å²) >= 11 is 0. The zero-order valence-corrected chi connectivity index (χ0v) is 19.3. The second-order valence-electron chi connectivity index (χ2n) is 7.79. The summed E-state index contributed by atoms with van der Waals surface area (Å²) in [6, 6.07) is 0. The van der Waals surface area contributed by atoms with Crippen molar-refractivity contribution in [1.82, 2.24) is 10.2 Å². The number of aliphatic imine (C=N–C) groups is 1. The third-order valence-corrected chi connectivity index (χ3v) is 5.53. The minimum Gasteiger partial charge on any atom is -0.378 e. The number of nitrogens with zero attached hydrogens (tertiary/aromatic N) is 2. The minimum atomic E-state index is -0.200. The van der Waals surface area contributed by atoms with Gasteiger partial charge in [0.1, 0.15) is 0 Å². The van der Waals surface area contributed by atoms with Gasteiger partial charge in [-0.1, -0.05) is 25.7 Å². The summed E-state index contributed by atoms with van der Waals surface area (Å²) in [5.41, 5.74) is 5.35. The summed E-state index contributed by atoms with van der Waals surface area (Å²) in [6.45, 7) is 3.65. The van der Waals surface area contributed by atoms with Crippen molar-refractivity contribution in [2.24, 2.45) is 16.6 Å². The van der Waals surface area contributed by atoms with Gasteiger partial charge in [-0.05, 0) is 44.4 Å². The fraction of sp³-hybridized carbons (Fsp3) is 0.900. The van der Waals surface area contributed by atoms with E-state index in [0.717, 1.165) is 57.9 Å². The van der Waals surface area contributed by atoms with Crippen molar-refractivity contribution in [3.63, 3.8) is 0 Å². The van der Waals surface area contributed by atoms with Crippen LogP contribution in [0.3, 0.4) is 0 Å². The van der Waals surface area contributed by atoms with Gasteiger partial charge in [0.15, 0.2) is 5.96 Å². The van der Waals surface area contributed by atoms with E-state index in [0.29, 0.717) is 18.4 Å². The van der Waals surface area contributed by atoms with E-state index in [9.17, 15) is 4.79 Å². The number of carbonyl (C=O) groups excluding carboxylic acids is 1. The normalized spacial score (nSPS) is 22.0. The Labute approximate surface area is 182 Å². The number of likely N-dealkylation sites (tertiary alicyclic amines) is 1. The molecule has 1 saturated heterocycles. The van der Waals surface area contributed by atoms with Crippen LogP contribution in [0.5, 0.6) is 0 Å². The van der Waals surface area contributed by atoms with E-state index >= 15 is 0 Å². The molecule has 1 aliphatic heterocycles. The summed E-state index contributed by atoms with van der Waals surface area (Å²) in [6.07, 6.45) is 13.2. The molecule has 0 radical (unpaired) electrons. The zero-order chi connectivity index (χ0) is 18.6. The molecule has 2 fully saturated rings. The first-order valence-electron chi connectivity index (χ1n) is 10.5. The van der Waals surface area contributed by atoms with E-state index in [1.165, 1.54) is 38.5 Å². The fourth-order valence-electron chi connectivity index (χ4n) is 4.13. The zero-order valence-electron chi connectivity index (χ0n) is 17.0. The standard InChI is InChI=1S/C20H38N4O2.HI/c1-22-20(24-13-8-9-17(16-24)15-19(21)25)23-12-6-7-14-26-18-10-4-2-3-5-11-18;/h17-18H,2-16H2,1H3,(H2,21,25)(H,22,23);1H. The van der Waals surface area contributed by atoms with Crippen LogP contribution in [0.1, 0.15) is 70.6 Å². The predicted molar refractivity (Wildman–Crippen MR) is 122 cm³/mol. The van der Waals surface area contributed by atoms with Gasteiger partial charge in [-0.25, -0.2) is 0 Å². The number of rotatable bonds is 8. The third-order valence-electron chi connectivity index (χ3n) is 5.53. The van der Waals surface area contributed by atoms with Crippen molar-refractivity contribution in [3.8, 4) is 0 Å². The van der Waals surface area contributed by atoms with E-state index < -0.39 is 0 Å². The summed E-state index contributed by atoms with van der Waals surface area (Å²) in [5, 5.41) is 3.47. The van der Waals surface area contributed by atoms with Crippen LogP contribution in [-0.4, -0.2) is 56.2 Å². The number of primary amides is 1. The molecule has 0 aromatic heterocycles. The van der Waals surface area contributed by atoms with Gasteiger partial charge in [0, 0.05) is 39.7 Å². The van der Waals surface area contributed by atoms with Crippen molar-refractivity contribution in [1.29, 1.82) is 0 Å². The molecule has 1 atom stereocenters. The van der Waals surface area contributed by atoms with Crippen molar-refractivity contribution in [2.45, 2.75) is 76.7 Å². The Bertz CT molecular complexity index is 440. The minimum absolute atomic E-state index is 0. The second kappa shape index (κ2) is 14.4. The average molecular weight is 494 g/mol. The molecule has 1 aliphatic carbocycles. The average Bonchev–Trinajstić information content (AvgIpc) is 2.89. The highest BCUT2D eigenvalue weighted by molar-refractivity contribution is 14.0. The summed E-state index contributed by atoms with van der Waals surface area (Å²) in [5.74, 6) is 1.10. The van der Waals surface area contributed by atoms with E-state index in [1.54, 1.807) is 0 Å². The van der Waals surface area contributed by atoms with E-state index in [1.807, 2.05) is 7.05 Å². The SMILES string of the molecule is CN=C(NCCCCOC1CCCCCC1)N1CCCC(CC(N)=O)C1.I. The molecule has 0 spiro atoms. The molecule has 2 rings (SSSR count). The van der Waals surface area contributed by atoms with Gasteiger partial charge >= 0.3 is 0 Å². The van der Waals surface area contributed by atoms with Crippen LogP contribution >= 0.6 is 24.0 Å². The molecule has 2 aliphatic rings. The van der Waals surface area contributed by atoms with Gasteiger partial charge in [-0.15, -0.1) is 24.0 Å². The maximum Gasteiger partial charge on any atom is 0.217 e. The first-order chi connectivity index (χ1) is 12.7. The van der Waals surface area contributed by atoms with Crippen LogP contribution in [0.4, 0.5) is 0 Å². The van der Waals surface area contributed by atoms with Gasteiger partial charge in [0.2, 0.25) is 5.91 Å². The lowest BCUT2D eigenvalue weighted by molar-refractivity contribution is -0.119. The Morgan fingerprint density at radius 1 is 1.15 bits per heavy atom. The fourth-order valence-corrected chi connectivity index (χ4v) is 4.13. The summed E-state index contributed by atoms with van der Waals surface area (Å²) in [7, 11) is 1.83. The van der Waals surface area contributed by atoms with Crippen molar-refractivity contribution < 1.29 is 9.53 Å². The molecule has 1 heterocycles. The number of nitrogens with one attached hydrogen (secondary N) is 1. The van der Waals surface area contributed by atoms with Crippen LogP contribution < -0.4 is 11.1 Å². The first-order valence-corrected chi connectivity index (χ1v) is 10.5. The molecule has 158 valence electrons. The highest BCUT2D eigenvalue weighted by atomic mass is 127. The number of carbonyl (C=O) groups is 1. The monoisotopic (exact) mass is 494 g/mol. The van der Waals surface area contributed by atoms with Crippen LogP contribution in [0.15, 0.2) is 4.99 Å². The number of piperidine rings is 1. The Hall–Kier alpha value is -0.570. The smallest absolute Gasteiger partial charge is 0.217 e. The van der Waals surface area contributed by atoms with Crippen LogP contribution in [0.25, 0.3) is 0 Å². The van der Waals surface area contributed by atoms with Gasteiger partial charge < -0.3 is 20.7 Å². The second-order valence-corrected chi connectivity index (χ2v) is 7.79. The van der Waals surface area contributed by atoms with Crippen molar-refractivity contribution in [2.75, 3.05) is 33.3 Å². The first kappa shape index (κ1) is 24.5. The number of ether oxygens (including phenoxy) is 1. The van der Waals surface area contributed by atoms with Crippen molar-refractivity contribution >= 4 is 35.8 Å². The molecule has 7 heteroatoms. The Morgan fingerprint density at radius 2 is 1.89 bits per heavy atom. The highest BCUT2D eigenvalue weighted by Gasteiger charge is 2.23. The van der Waals surface area contributed by atoms with E-state index in [4.69, 9.17) is 10.5 Å². The Kier molecular flexibility index (Phi) is 13.1. The number of guanidine groups is 1. The summed E-state index contributed by atoms with van der Waals surface area (Å²) in [4.78, 5) is 17.8. The van der Waals surface area contributed by atoms with Crippen LogP contribution in [-0.2, 0) is 9.53 Å². The number of halogens is 1. The van der Waals surface area contributed by atoms with Crippen LogP contribution in [0.2, 0.25) is 0 Å². The lowest BCUT2D eigenvalue weighted by atomic mass is 9.95. The number of hydrogen-bond acceptors (Lipinski definition) is 3. The molecule has 1 amide bonds. The molecule has 3 N–H and O–H groups in total. The number of amides is 1. The molecule has 0 aromatic rings. The highest BCUT2D eigenvalue weighted by Crippen LogP contribution is 2.20. The molecule has 0 aromatic carbocycles. The third kappa shape index (κ3) is 9.96. The van der Waals surface area contributed by atoms with Gasteiger partial charge in [-0.2, -0.15) is 0 Å². The topological polar surface area (TPSA) is 80.0 Å². The lowest BCUT2D eigenvalue weighted by Crippen LogP contribution is -2.47. The molecule has 1 saturated carbocycles. The molecule has 1 unspecified atom stereocenters. The molecular weight excluding hydrogens is 455 g/mol. The largest absolute Gasteiger partial charge is 0.378 e. The van der Waals surface area contributed by atoms with Gasteiger partial charge in [0.05, 0.1) is 6.10 Å². The van der Waals surface area contributed by atoms with Crippen LogP contribution in [0, 0.1) is 5.92 Å². The number of nitrogens with two attached hydrogens (primary N) is 1.